The number of benzene rings is 1. The van der Waals surface area contributed by atoms with Crippen LogP contribution in [0.4, 0.5) is 4.39 Å². The molecule has 4 aromatic rings. The summed E-state index contributed by atoms with van der Waals surface area (Å²) in [6, 6.07) is 15.2. The summed E-state index contributed by atoms with van der Waals surface area (Å²) in [5, 5.41) is 2.78. The molecule has 3 aromatic heterocycles. The number of ether oxygens (including phenoxy) is 1. The molecule has 0 spiro atoms. The van der Waals surface area contributed by atoms with Crippen LogP contribution in [0.3, 0.4) is 0 Å². The van der Waals surface area contributed by atoms with E-state index in [4.69, 9.17) is 4.74 Å². The summed E-state index contributed by atoms with van der Waals surface area (Å²) >= 11 is 0. The van der Waals surface area contributed by atoms with Crippen molar-refractivity contribution < 1.29 is 23.5 Å². The number of ketones is 1. The first kappa shape index (κ1) is 21.9. The molecular weight excluding hydrogens is 425 g/mol. The first-order valence-electron chi connectivity index (χ1n) is 10.3. The number of hydrogen-bond acceptors (Lipinski definition) is 5. The lowest BCUT2D eigenvalue weighted by atomic mass is 10.0. The Labute approximate surface area is 188 Å². The van der Waals surface area contributed by atoms with E-state index in [-0.39, 0.29) is 35.5 Å². The van der Waals surface area contributed by atoms with Gasteiger partial charge in [-0.3, -0.25) is 14.6 Å². The van der Waals surface area contributed by atoms with Crippen LogP contribution in [0.1, 0.15) is 49.4 Å². The quantitative estimate of drug-likeness (QED) is 0.345. The maximum absolute atomic E-state index is 13.6. The summed E-state index contributed by atoms with van der Waals surface area (Å²) in [7, 11) is 0. The van der Waals surface area contributed by atoms with Crippen LogP contribution < -0.4 is 5.32 Å². The van der Waals surface area contributed by atoms with Crippen molar-refractivity contribution in [1.82, 2.24) is 14.7 Å². The van der Waals surface area contributed by atoms with E-state index >= 15 is 0 Å². The molecule has 0 aliphatic rings. The topological polar surface area (TPSA) is 89.8 Å². The Morgan fingerprint density at radius 1 is 1.03 bits per heavy atom. The van der Waals surface area contributed by atoms with Gasteiger partial charge in [-0.05, 0) is 49.4 Å². The molecular formula is C25H20FN3O4. The summed E-state index contributed by atoms with van der Waals surface area (Å²) in [6.45, 7) is 2.03. The number of amides is 1. The summed E-state index contributed by atoms with van der Waals surface area (Å²) in [5.41, 5.74) is 1.79. The van der Waals surface area contributed by atoms with Crippen LogP contribution in [0.5, 0.6) is 0 Å². The van der Waals surface area contributed by atoms with Crippen LogP contribution >= 0.6 is 0 Å². The van der Waals surface area contributed by atoms with Crippen molar-refractivity contribution in [2.75, 3.05) is 6.61 Å². The number of nitrogens with zero attached hydrogens (tertiary/aromatic N) is 2. The SMILES string of the molecule is CCOC(=O)c1cc(C(=O)NCc2ccccn2)n2ccc(C(=O)c3cccc(F)c3)cc12. The van der Waals surface area contributed by atoms with Gasteiger partial charge in [-0.2, -0.15) is 0 Å². The summed E-state index contributed by atoms with van der Waals surface area (Å²) in [4.78, 5) is 42.5. The molecule has 33 heavy (non-hydrogen) atoms. The van der Waals surface area contributed by atoms with Crippen LogP contribution in [-0.2, 0) is 11.3 Å². The van der Waals surface area contributed by atoms with Crippen LogP contribution in [0.15, 0.2) is 73.1 Å². The molecule has 1 amide bonds. The van der Waals surface area contributed by atoms with Gasteiger partial charge in [0.25, 0.3) is 5.91 Å². The molecule has 7 nitrogen and oxygen atoms in total. The second kappa shape index (κ2) is 9.44. The molecule has 3 heterocycles. The van der Waals surface area contributed by atoms with Gasteiger partial charge < -0.3 is 14.5 Å². The van der Waals surface area contributed by atoms with Crippen molar-refractivity contribution in [3.8, 4) is 0 Å². The van der Waals surface area contributed by atoms with E-state index in [1.165, 1.54) is 47.0 Å². The van der Waals surface area contributed by atoms with Crippen LogP contribution in [0.2, 0.25) is 0 Å². The minimum atomic E-state index is -0.617. The molecule has 0 aliphatic carbocycles. The monoisotopic (exact) mass is 445 g/mol. The molecule has 0 aliphatic heterocycles. The number of aromatic nitrogens is 2. The predicted molar refractivity (Wildman–Crippen MR) is 119 cm³/mol. The number of carbonyl (C=O) groups is 3. The molecule has 1 aromatic carbocycles. The van der Waals surface area contributed by atoms with Crippen LogP contribution in [0, 0.1) is 5.82 Å². The first-order chi connectivity index (χ1) is 16.0. The highest BCUT2D eigenvalue weighted by Crippen LogP contribution is 2.22. The van der Waals surface area contributed by atoms with Crippen LogP contribution in [0.25, 0.3) is 5.52 Å². The maximum Gasteiger partial charge on any atom is 0.340 e. The average molecular weight is 445 g/mol. The normalized spacial score (nSPS) is 10.7. The number of hydrogen-bond donors (Lipinski definition) is 1. The fourth-order valence-electron chi connectivity index (χ4n) is 3.45. The van der Waals surface area contributed by atoms with Crippen LogP contribution in [-0.4, -0.2) is 33.7 Å². The third kappa shape index (κ3) is 4.64. The van der Waals surface area contributed by atoms with Gasteiger partial charge in [0, 0.05) is 23.5 Å². The van der Waals surface area contributed by atoms with Crippen molar-refractivity contribution in [2.24, 2.45) is 0 Å². The predicted octanol–water partition coefficient (Wildman–Crippen LogP) is 3.81. The van der Waals surface area contributed by atoms with Crippen molar-refractivity contribution >= 4 is 23.2 Å². The molecule has 0 fully saturated rings. The Balaban J connectivity index is 1.71. The van der Waals surface area contributed by atoms with Crippen molar-refractivity contribution in [3.63, 3.8) is 0 Å². The standard InChI is InChI=1S/C25H20FN3O4/c1-2-33-25(32)20-14-22(24(31)28-15-19-8-3-4-10-27-19)29-11-9-17(13-21(20)29)23(30)16-6-5-7-18(26)12-16/h3-14H,2,15H2,1H3,(H,28,31). The summed E-state index contributed by atoms with van der Waals surface area (Å²) in [5.74, 6) is -1.97. The third-order valence-electron chi connectivity index (χ3n) is 5.00. The lowest BCUT2D eigenvalue weighted by molar-refractivity contribution is 0.0528. The van der Waals surface area contributed by atoms with E-state index in [0.717, 1.165) is 6.07 Å². The van der Waals surface area contributed by atoms with E-state index in [0.29, 0.717) is 11.2 Å². The third-order valence-corrected chi connectivity index (χ3v) is 5.00. The lowest BCUT2D eigenvalue weighted by Crippen LogP contribution is -2.24. The fourth-order valence-corrected chi connectivity index (χ4v) is 3.45. The van der Waals surface area contributed by atoms with Crippen molar-refractivity contribution in [1.29, 1.82) is 0 Å². The summed E-state index contributed by atoms with van der Waals surface area (Å²) in [6.07, 6.45) is 3.16. The average Bonchev–Trinajstić information content (AvgIpc) is 3.22. The molecule has 0 radical (unpaired) electrons. The number of carbonyl (C=O) groups excluding carboxylic acids is 3. The zero-order chi connectivity index (χ0) is 23.4. The Bertz CT molecular complexity index is 1350. The second-order valence-corrected chi connectivity index (χ2v) is 7.18. The highest BCUT2D eigenvalue weighted by molar-refractivity contribution is 6.11. The smallest absolute Gasteiger partial charge is 0.340 e. The van der Waals surface area contributed by atoms with Gasteiger partial charge in [0.2, 0.25) is 0 Å². The molecule has 0 unspecified atom stereocenters. The molecule has 0 bridgehead atoms. The molecule has 0 atom stereocenters. The fraction of sp³-hybridized carbons (Fsp3) is 0.120. The Kier molecular flexibility index (Phi) is 6.26. The highest BCUT2D eigenvalue weighted by atomic mass is 19.1. The maximum atomic E-state index is 13.6. The number of rotatable bonds is 7. The van der Waals surface area contributed by atoms with Gasteiger partial charge in [-0.15, -0.1) is 0 Å². The van der Waals surface area contributed by atoms with Gasteiger partial charge in [0.15, 0.2) is 5.78 Å². The molecule has 0 saturated heterocycles. The van der Waals surface area contributed by atoms with Gasteiger partial charge in [-0.1, -0.05) is 18.2 Å². The van der Waals surface area contributed by atoms with E-state index in [1.807, 2.05) is 6.07 Å². The summed E-state index contributed by atoms with van der Waals surface area (Å²) < 4.78 is 20.2. The zero-order valence-electron chi connectivity index (χ0n) is 17.7. The number of pyridine rings is 2. The van der Waals surface area contributed by atoms with E-state index in [1.54, 1.807) is 25.3 Å². The van der Waals surface area contributed by atoms with Crippen molar-refractivity contribution in [2.45, 2.75) is 13.5 Å². The van der Waals surface area contributed by atoms with E-state index in [2.05, 4.69) is 10.3 Å². The first-order valence-corrected chi connectivity index (χ1v) is 10.3. The van der Waals surface area contributed by atoms with Gasteiger partial charge in [0.1, 0.15) is 11.5 Å². The Morgan fingerprint density at radius 2 is 1.85 bits per heavy atom. The largest absolute Gasteiger partial charge is 0.462 e. The minimum absolute atomic E-state index is 0.147. The molecule has 0 saturated carbocycles. The molecule has 8 heteroatoms. The molecule has 1 N–H and O–H groups in total. The number of fused-ring (bicyclic) bond motifs is 1. The van der Waals surface area contributed by atoms with Gasteiger partial charge >= 0.3 is 5.97 Å². The second-order valence-electron chi connectivity index (χ2n) is 7.18. The Hall–Kier alpha value is -4.33. The number of nitrogens with one attached hydrogen (secondary N) is 1. The molecule has 4 rings (SSSR count). The zero-order valence-corrected chi connectivity index (χ0v) is 17.7. The highest BCUT2D eigenvalue weighted by Gasteiger charge is 2.22. The number of halogens is 1. The Morgan fingerprint density at radius 3 is 2.58 bits per heavy atom. The molecule has 166 valence electrons. The lowest BCUT2D eigenvalue weighted by Gasteiger charge is -2.07. The van der Waals surface area contributed by atoms with Gasteiger partial charge in [-0.25, -0.2) is 9.18 Å². The van der Waals surface area contributed by atoms with Crippen molar-refractivity contribution in [3.05, 3.63) is 107 Å². The minimum Gasteiger partial charge on any atom is -0.462 e. The van der Waals surface area contributed by atoms with Gasteiger partial charge in [0.05, 0.1) is 29.9 Å². The van der Waals surface area contributed by atoms with E-state index in [9.17, 15) is 18.8 Å². The van der Waals surface area contributed by atoms with E-state index < -0.39 is 23.5 Å². The number of esters is 1.